The van der Waals surface area contributed by atoms with Crippen LogP contribution in [0.15, 0.2) is 42.5 Å². The zero-order valence-corrected chi connectivity index (χ0v) is 8.79. The first kappa shape index (κ1) is 10.7. The number of carbonyl (C=O) groups is 1. The van der Waals surface area contributed by atoms with Gasteiger partial charge in [0.05, 0.1) is 0 Å². The van der Waals surface area contributed by atoms with Gasteiger partial charge in [0, 0.05) is 12.3 Å². The molecular weight excluding hydrogens is 172 g/mol. The van der Waals surface area contributed by atoms with Gasteiger partial charge in [-0.25, -0.2) is 0 Å². The summed E-state index contributed by atoms with van der Waals surface area (Å²) in [5.41, 5.74) is 2.22. The molecule has 0 saturated heterocycles. The normalized spacial score (nSPS) is 12.1. The number of ketones is 1. The molecule has 0 aliphatic heterocycles. The van der Waals surface area contributed by atoms with E-state index in [2.05, 4.69) is 6.58 Å². The molecule has 1 aromatic carbocycles. The van der Waals surface area contributed by atoms with E-state index in [9.17, 15) is 4.79 Å². The van der Waals surface area contributed by atoms with Gasteiger partial charge in [-0.15, -0.1) is 0 Å². The number of rotatable bonds is 4. The smallest absolute Gasteiger partial charge is 0.130 e. The van der Waals surface area contributed by atoms with Crippen molar-refractivity contribution in [1.82, 2.24) is 0 Å². The Morgan fingerprint density at radius 2 is 1.86 bits per heavy atom. The van der Waals surface area contributed by atoms with Crippen LogP contribution in [-0.2, 0) is 4.79 Å². The zero-order valence-electron chi connectivity index (χ0n) is 8.79. The average molecular weight is 188 g/mol. The van der Waals surface area contributed by atoms with Crippen molar-refractivity contribution in [2.75, 3.05) is 0 Å². The quantitative estimate of drug-likeness (QED) is 0.662. The molecule has 1 atom stereocenters. The van der Waals surface area contributed by atoms with Gasteiger partial charge in [-0.1, -0.05) is 42.5 Å². The Morgan fingerprint density at radius 3 is 2.29 bits per heavy atom. The summed E-state index contributed by atoms with van der Waals surface area (Å²) in [6, 6.07) is 10.0. The third-order valence-corrected chi connectivity index (χ3v) is 2.29. The van der Waals surface area contributed by atoms with Crippen LogP contribution in [0.3, 0.4) is 0 Å². The van der Waals surface area contributed by atoms with Crippen LogP contribution in [0.2, 0.25) is 0 Å². The first-order valence-electron chi connectivity index (χ1n) is 4.81. The molecule has 1 aromatic rings. The molecule has 1 unspecified atom stereocenters. The maximum Gasteiger partial charge on any atom is 0.130 e. The fourth-order valence-corrected chi connectivity index (χ4v) is 1.55. The lowest BCUT2D eigenvalue weighted by Crippen LogP contribution is -2.04. The molecular formula is C13H16O. The summed E-state index contributed by atoms with van der Waals surface area (Å²) >= 11 is 0. The van der Waals surface area contributed by atoms with Crippen molar-refractivity contribution in [3.63, 3.8) is 0 Å². The van der Waals surface area contributed by atoms with Crippen LogP contribution in [0.25, 0.3) is 0 Å². The lowest BCUT2D eigenvalue weighted by molar-refractivity contribution is -0.117. The summed E-state index contributed by atoms with van der Waals surface area (Å²) in [5, 5.41) is 0. The maximum absolute atomic E-state index is 11.1. The van der Waals surface area contributed by atoms with Crippen LogP contribution in [-0.4, -0.2) is 5.78 Å². The number of Topliss-reactive ketones (excluding diaryl/α,β-unsaturated/α-hetero) is 1. The third kappa shape index (κ3) is 2.84. The largest absolute Gasteiger partial charge is 0.300 e. The molecule has 74 valence electrons. The van der Waals surface area contributed by atoms with E-state index in [1.54, 1.807) is 6.92 Å². The van der Waals surface area contributed by atoms with Crippen molar-refractivity contribution < 1.29 is 4.79 Å². The summed E-state index contributed by atoms with van der Waals surface area (Å²) in [4.78, 5) is 11.1. The fraction of sp³-hybridized carbons (Fsp3) is 0.308. The Balaban J connectivity index is 2.89. The van der Waals surface area contributed by atoms with Gasteiger partial charge in [-0.3, -0.25) is 4.79 Å². The highest BCUT2D eigenvalue weighted by molar-refractivity contribution is 5.77. The highest BCUT2D eigenvalue weighted by atomic mass is 16.1. The molecule has 14 heavy (non-hydrogen) atoms. The van der Waals surface area contributed by atoms with Gasteiger partial charge in [-0.05, 0) is 19.4 Å². The van der Waals surface area contributed by atoms with E-state index in [0.29, 0.717) is 6.42 Å². The Labute approximate surface area is 85.5 Å². The molecule has 0 bridgehead atoms. The lowest BCUT2D eigenvalue weighted by atomic mass is 9.89. The standard InChI is InChI=1S/C13H16O/c1-10(2)13(9-11(3)14)12-7-5-4-6-8-12/h4-8,13H,1,9H2,2-3H3. The molecule has 1 heteroatoms. The van der Waals surface area contributed by atoms with E-state index in [0.717, 1.165) is 5.57 Å². The Kier molecular flexibility index (Phi) is 3.63. The highest BCUT2D eigenvalue weighted by Crippen LogP contribution is 2.26. The van der Waals surface area contributed by atoms with E-state index >= 15 is 0 Å². The molecule has 0 N–H and O–H groups in total. The first-order valence-corrected chi connectivity index (χ1v) is 4.81. The predicted octanol–water partition coefficient (Wildman–Crippen LogP) is 3.33. The summed E-state index contributed by atoms with van der Waals surface area (Å²) in [5.74, 6) is 0.385. The molecule has 0 saturated carbocycles. The maximum atomic E-state index is 11.1. The fourth-order valence-electron chi connectivity index (χ4n) is 1.55. The van der Waals surface area contributed by atoms with E-state index < -0.39 is 0 Å². The van der Waals surface area contributed by atoms with E-state index in [-0.39, 0.29) is 11.7 Å². The van der Waals surface area contributed by atoms with Crippen LogP contribution in [0, 0.1) is 0 Å². The highest BCUT2D eigenvalue weighted by Gasteiger charge is 2.13. The topological polar surface area (TPSA) is 17.1 Å². The van der Waals surface area contributed by atoms with Crippen molar-refractivity contribution >= 4 is 5.78 Å². The van der Waals surface area contributed by atoms with Crippen LogP contribution < -0.4 is 0 Å². The van der Waals surface area contributed by atoms with Gasteiger partial charge >= 0.3 is 0 Å². The lowest BCUT2D eigenvalue weighted by Gasteiger charge is -2.15. The molecule has 1 rings (SSSR count). The van der Waals surface area contributed by atoms with Gasteiger partial charge < -0.3 is 0 Å². The Bertz CT molecular complexity index is 324. The van der Waals surface area contributed by atoms with Gasteiger partial charge in [-0.2, -0.15) is 0 Å². The van der Waals surface area contributed by atoms with Gasteiger partial charge in [0.1, 0.15) is 5.78 Å². The predicted molar refractivity (Wildman–Crippen MR) is 59.3 cm³/mol. The number of hydrogen-bond acceptors (Lipinski definition) is 1. The summed E-state index contributed by atoms with van der Waals surface area (Å²) in [6.07, 6.45) is 0.555. The first-order chi connectivity index (χ1) is 6.61. The van der Waals surface area contributed by atoms with Crippen molar-refractivity contribution in [2.24, 2.45) is 0 Å². The van der Waals surface area contributed by atoms with E-state index in [1.807, 2.05) is 37.3 Å². The molecule has 0 aromatic heterocycles. The van der Waals surface area contributed by atoms with Crippen molar-refractivity contribution in [2.45, 2.75) is 26.2 Å². The minimum Gasteiger partial charge on any atom is -0.300 e. The molecule has 0 radical (unpaired) electrons. The number of benzene rings is 1. The van der Waals surface area contributed by atoms with Crippen molar-refractivity contribution in [1.29, 1.82) is 0 Å². The molecule has 0 aliphatic rings. The molecule has 0 amide bonds. The number of allylic oxidation sites excluding steroid dienone is 1. The van der Waals surface area contributed by atoms with Crippen LogP contribution in [0.5, 0.6) is 0 Å². The van der Waals surface area contributed by atoms with Gasteiger partial charge in [0.15, 0.2) is 0 Å². The second-order valence-corrected chi connectivity index (χ2v) is 3.72. The van der Waals surface area contributed by atoms with Crippen LogP contribution in [0.4, 0.5) is 0 Å². The van der Waals surface area contributed by atoms with Crippen molar-refractivity contribution in [3.05, 3.63) is 48.0 Å². The van der Waals surface area contributed by atoms with E-state index in [1.165, 1.54) is 5.56 Å². The minimum absolute atomic E-state index is 0.175. The third-order valence-electron chi connectivity index (χ3n) is 2.29. The number of hydrogen-bond donors (Lipinski definition) is 0. The van der Waals surface area contributed by atoms with Gasteiger partial charge in [0.25, 0.3) is 0 Å². The van der Waals surface area contributed by atoms with Gasteiger partial charge in [0.2, 0.25) is 0 Å². The van der Waals surface area contributed by atoms with Crippen LogP contribution >= 0.6 is 0 Å². The SMILES string of the molecule is C=C(C)C(CC(C)=O)c1ccccc1. The van der Waals surface area contributed by atoms with E-state index in [4.69, 9.17) is 0 Å². The second-order valence-electron chi connectivity index (χ2n) is 3.72. The zero-order chi connectivity index (χ0) is 10.6. The monoisotopic (exact) mass is 188 g/mol. The average Bonchev–Trinajstić information content (AvgIpc) is 2.15. The molecule has 0 spiro atoms. The van der Waals surface area contributed by atoms with Crippen molar-refractivity contribution in [3.8, 4) is 0 Å². The molecule has 0 heterocycles. The Hall–Kier alpha value is -1.37. The second kappa shape index (κ2) is 4.75. The summed E-state index contributed by atoms with van der Waals surface area (Å²) < 4.78 is 0. The molecule has 0 fully saturated rings. The summed E-state index contributed by atoms with van der Waals surface area (Å²) in [7, 11) is 0. The molecule has 1 nitrogen and oxygen atoms in total. The molecule has 0 aliphatic carbocycles. The van der Waals surface area contributed by atoms with Crippen LogP contribution in [0.1, 0.15) is 31.7 Å². The Morgan fingerprint density at radius 1 is 1.29 bits per heavy atom. The number of carbonyl (C=O) groups excluding carboxylic acids is 1. The summed E-state index contributed by atoms with van der Waals surface area (Å²) in [6.45, 7) is 7.53. The minimum atomic E-state index is 0.175.